The van der Waals surface area contributed by atoms with E-state index in [1.165, 1.54) is 12.1 Å². The van der Waals surface area contributed by atoms with Crippen molar-refractivity contribution >= 4 is 10.1 Å². The van der Waals surface area contributed by atoms with Gasteiger partial charge in [-0.25, -0.2) is 8.42 Å². The number of hydrogen-bond donors (Lipinski definition) is 1. The van der Waals surface area contributed by atoms with Crippen LogP contribution in [0.2, 0.25) is 0 Å². The van der Waals surface area contributed by atoms with E-state index >= 15 is 0 Å². The molecular weight excluding hydrogens is 239 g/mol. The molecule has 1 unspecified atom stereocenters. The van der Waals surface area contributed by atoms with Gasteiger partial charge >= 0.3 is 29.6 Å². The van der Waals surface area contributed by atoms with Crippen molar-refractivity contribution in [2.24, 2.45) is 0 Å². The van der Waals surface area contributed by atoms with Gasteiger partial charge < -0.3 is 9.66 Å². The molecule has 6 heteroatoms. The van der Waals surface area contributed by atoms with Crippen LogP contribution in [0.4, 0.5) is 0 Å². The number of hydrogen-bond acceptors (Lipinski definition) is 4. The van der Waals surface area contributed by atoms with Crippen LogP contribution in [0.5, 0.6) is 0 Å². The fraction of sp³-hybridized carbons (Fsp3) is 0.400. The van der Waals surface area contributed by atoms with Crippen LogP contribution >= 0.6 is 0 Å². The molecule has 84 valence electrons. The summed E-state index contributed by atoms with van der Waals surface area (Å²) in [5.74, 6) is 0.319. The molecule has 0 heterocycles. The molecular formula is C10H13NaO4S. The second-order valence-corrected chi connectivity index (χ2v) is 5.10. The van der Waals surface area contributed by atoms with Gasteiger partial charge in [-0.1, -0.05) is 38.1 Å². The van der Waals surface area contributed by atoms with Gasteiger partial charge in [0.25, 0.3) is 0 Å². The Morgan fingerprint density at radius 3 is 1.81 bits per heavy atom. The largest absolute Gasteiger partial charge is 1.00 e. The molecule has 1 rings (SSSR count). The van der Waals surface area contributed by atoms with Gasteiger partial charge in [0.15, 0.2) is 5.44 Å². The summed E-state index contributed by atoms with van der Waals surface area (Å²) in [6, 6.07) is 6.31. The normalized spacial score (nSPS) is 13.3. The summed E-state index contributed by atoms with van der Waals surface area (Å²) in [5.41, 5.74) is -0.845. The molecule has 0 amide bonds. The molecule has 0 fully saturated rings. The monoisotopic (exact) mass is 252 g/mol. The number of aliphatic hydroxyl groups excluding tert-OH is 1. The van der Waals surface area contributed by atoms with E-state index in [1.54, 1.807) is 12.1 Å². The standard InChI is InChI=1S/C10H14O4S.Na/c1-7(2)8-3-5-9(6-4-8)10(11)15(12,13)14;/h3-7,10-11H,1-2H3,(H,12,13,14);/q;+1/p-1. The summed E-state index contributed by atoms with van der Waals surface area (Å²) < 4.78 is 31.6. The van der Waals surface area contributed by atoms with Crippen LogP contribution in [0.25, 0.3) is 0 Å². The van der Waals surface area contributed by atoms with Crippen molar-refractivity contribution in [3.63, 3.8) is 0 Å². The molecule has 1 atom stereocenters. The van der Waals surface area contributed by atoms with E-state index in [1.807, 2.05) is 13.8 Å². The summed E-state index contributed by atoms with van der Waals surface area (Å²) >= 11 is 0. The van der Waals surface area contributed by atoms with Crippen LogP contribution in [-0.2, 0) is 10.1 Å². The third-order valence-corrected chi connectivity index (χ3v) is 2.98. The molecule has 0 spiro atoms. The summed E-state index contributed by atoms with van der Waals surface area (Å²) in [7, 11) is -4.68. The predicted molar refractivity (Wildman–Crippen MR) is 55.2 cm³/mol. The first-order valence-electron chi connectivity index (χ1n) is 4.55. The summed E-state index contributed by atoms with van der Waals surface area (Å²) in [6.45, 7) is 3.99. The van der Waals surface area contributed by atoms with E-state index in [0.717, 1.165) is 5.56 Å². The van der Waals surface area contributed by atoms with Crippen LogP contribution in [0.1, 0.15) is 36.3 Å². The molecule has 0 aliphatic rings. The quantitative estimate of drug-likeness (QED) is 0.516. The Bertz CT molecular complexity index is 425. The zero-order valence-electron chi connectivity index (χ0n) is 9.54. The van der Waals surface area contributed by atoms with Gasteiger partial charge in [-0.15, -0.1) is 0 Å². The van der Waals surface area contributed by atoms with E-state index in [2.05, 4.69) is 0 Å². The average molecular weight is 252 g/mol. The first-order valence-corrected chi connectivity index (χ1v) is 6.02. The third kappa shape index (κ3) is 4.16. The van der Waals surface area contributed by atoms with Gasteiger partial charge in [-0.3, -0.25) is 0 Å². The Kier molecular flexibility index (Phi) is 6.17. The predicted octanol–water partition coefficient (Wildman–Crippen LogP) is -1.65. The molecule has 0 aliphatic heterocycles. The fourth-order valence-electron chi connectivity index (χ4n) is 1.21. The fourth-order valence-corrected chi connectivity index (χ4v) is 1.70. The number of rotatable bonds is 3. The van der Waals surface area contributed by atoms with Crippen LogP contribution < -0.4 is 29.6 Å². The third-order valence-electron chi connectivity index (χ3n) is 2.16. The second kappa shape index (κ2) is 6.14. The first-order chi connectivity index (χ1) is 6.82. The molecule has 1 aromatic rings. The zero-order valence-corrected chi connectivity index (χ0v) is 12.4. The average Bonchev–Trinajstić information content (AvgIpc) is 2.15. The minimum Gasteiger partial charge on any atom is -0.746 e. The molecule has 4 nitrogen and oxygen atoms in total. The SMILES string of the molecule is CC(C)c1ccc(C(O)S(=O)(=O)[O-])cc1.[Na+]. The maximum atomic E-state index is 10.5. The Morgan fingerprint density at radius 2 is 1.50 bits per heavy atom. The van der Waals surface area contributed by atoms with Gasteiger partial charge in [-0.05, 0) is 17.0 Å². The molecule has 1 aromatic carbocycles. The Morgan fingerprint density at radius 1 is 1.12 bits per heavy atom. The van der Waals surface area contributed by atoms with E-state index in [9.17, 15) is 18.1 Å². The van der Waals surface area contributed by atoms with Crippen molar-refractivity contribution in [3.05, 3.63) is 35.4 Å². The van der Waals surface area contributed by atoms with Gasteiger partial charge in [0.2, 0.25) is 0 Å². The summed E-state index contributed by atoms with van der Waals surface area (Å²) in [4.78, 5) is 0. The zero-order chi connectivity index (χ0) is 11.6. The number of benzene rings is 1. The molecule has 0 aliphatic carbocycles. The van der Waals surface area contributed by atoms with Crippen molar-refractivity contribution in [1.29, 1.82) is 0 Å². The Hall–Kier alpha value is 0.0900. The molecule has 0 bridgehead atoms. The van der Waals surface area contributed by atoms with Gasteiger partial charge in [-0.2, -0.15) is 0 Å². The smallest absolute Gasteiger partial charge is 0.746 e. The van der Waals surface area contributed by atoms with E-state index in [0.29, 0.717) is 5.92 Å². The number of aliphatic hydroxyl groups is 1. The van der Waals surface area contributed by atoms with E-state index in [4.69, 9.17) is 0 Å². The Balaban J connectivity index is 0.00000225. The minimum absolute atomic E-state index is 0. The van der Waals surface area contributed by atoms with E-state index in [-0.39, 0.29) is 35.1 Å². The molecule has 0 aromatic heterocycles. The van der Waals surface area contributed by atoms with Crippen molar-refractivity contribution in [2.75, 3.05) is 0 Å². The van der Waals surface area contributed by atoms with Crippen molar-refractivity contribution < 1.29 is 47.6 Å². The minimum atomic E-state index is -4.68. The van der Waals surface area contributed by atoms with Crippen molar-refractivity contribution in [3.8, 4) is 0 Å². The molecule has 0 saturated carbocycles. The van der Waals surface area contributed by atoms with Crippen LogP contribution in [0.3, 0.4) is 0 Å². The molecule has 0 radical (unpaired) electrons. The maximum absolute atomic E-state index is 10.5. The topological polar surface area (TPSA) is 77.4 Å². The molecule has 0 saturated heterocycles. The van der Waals surface area contributed by atoms with Crippen molar-refractivity contribution in [1.82, 2.24) is 0 Å². The second-order valence-electron chi connectivity index (χ2n) is 3.67. The van der Waals surface area contributed by atoms with E-state index < -0.39 is 15.6 Å². The van der Waals surface area contributed by atoms with Crippen LogP contribution in [0, 0.1) is 0 Å². The molecule has 16 heavy (non-hydrogen) atoms. The first kappa shape index (κ1) is 16.1. The summed E-state index contributed by atoms with van der Waals surface area (Å²) in [6.07, 6.45) is 0. The Labute approximate surface area is 118 Å². The summed E-state index contributed by atoms with van der Waals surface area (Å²) in [5, 5.41) is 9.19. The van der Waals surface area contributed by atoms with Gasteiger partial charge in [0, 0.05) is 0 Å². The van der Waals surface area contributed by atoms with Gasteiger partial charge in [0.05, 0.1) is 0 Å². The maximum Gasteiger partial charge on any atom is 1.00 e. The van der Waals surface area contributed by atoms with Crippen LogP contribution in [0.15, 0.2) is 24.3 Å². The van der Waals surface area contributed by atoms with Crippen LogP contribution in [-0.4, -0.2) is 18.1 Å². The molecule has 1 N–H and O–H groups in total. The van der Waals surface area contributed by atoms with Gasteiger partial charge in [0.1, 0.15) is 10.1 Å². The van der Waals surface area contributed by atoms with Crippen molar-refractivity contribution in [2.45, 2.75) is 25.2 Å².